The number of hydrogen-bond donors (Lipinski definition) is 4. The third-order valence-corrected chi connectivity index (χ3v) is 4.39. The second-order valence-corrected chi connectivity index (χ2v) is 6.28. The SMILES string of the molecule is N=C(N)N=C1NC(=O)C(CC(=O)Nc2ccc(Cl)c(Cl)c2)S1. The Bertz CT molecular complexity index is 679. The zero-order valence-corrected chi connectivity index (χ0v) is 13.4. The largest absolute Gasteiger partial charge is 0.368 e. The Labute approximate surface area is 140 Å². The van der Waals surface area contributed by atoms with E-state index in [1.165, 1.54) is 6.07 Å². The fourth-order valence-electron chi connectivity index (χ4n) is 1.66. The summed E-state index contributed by atoms with van der Waals surface area (Å²) in [6.07, 6.45) is -0.0479. The summed E-state index contributed by atoms with van der Waals surface area (Å²) in [5.74, 6) is -1.12. The van der Waals surface area contributed by atoms with Gasteiger partial charge in [-0.2, -0.15) is 4.99 Å². The molecule has 1 aliphatic rings. The van der Waals surface area contributed by atoms with Crippen LogP contribution in [0.25, 0.3) is 0 Å². The third kappa shape index (κ3) is 4.36. The average Bonchev–Trinajstić information content (AvgIpc) is 2.73. The van der Waals surface area contributed by atoms with Gasteiger partial charge in [0.15, 0.2) is 5.17 Å². The zero-order chi connectivity index (χ0) is 16.3. The van der Waals surface area contributed by atoms with Crippen LogP contribution in [0, 0.1) is 5.41 Å². The zero-order valence-electron chi connectivity index (χ0n) is 11.0. The molecule has 7 nitrogen and oxygen atoms in total. The van der Waals surface area contributed by atoms with Gasteiger partial charge in [-0.3, -0.25) is 15.0 Å². The number of carbonyl (C=O) groups excluding carboxylic acids is 2. The molecule has 2 amide bonds. The molecule has 0 radical (unpaired) electrons. The number of rotatable bonds is 3. The number of nitrogens with two attached hydrogens (primary N) is 1. The summed E-state index contributed by atoms with van der Waals surface area (Å²) in [6.45, 7) is 0. The normalized spacial score (nSPS) is 19.1. The van der Waals surface area contributed by atoms with Crippen LogP contribution in [-0.2, 0) is 9.59 Å². The number of hydrogen-bond acceptors (Lipinski definition) is 4. The van der Waals surface area contributed by atoms with Crippen LogP contribution in [0.1, 0.15) is 6.42 Å². The van der Waals surface area contributed by atoms with Crippen LogP contribution in [0.2, 0.25) is 10.0 Å². The summed E-state index contributed by atoms with van der Waals surface area (Å²) >= 11 is 12.7. The van der Waals surface area contributed by atoms with Crippen molar-refractivity contribution in [3.8, 4) is 0 Å². The summed E-state index contributed by atoms with van der Waals surface area (Å²) in [4.78, 5) is 27.3. The smallest absolute Gasteiger partial charge is 0.240 e. The van der Waals surface area contributed by atoms with Gasteiger partial charge < -0.3 is 16.4 Å². The Morgan fingerprint density at radius 2 is 2.18 bits per heavy atom. The van der Waals surface area contributed by atoms with E-state index in [9.17, 15) is 9.59 Å². The molecule has 22 heavy (non-hydrogen) atoms. The van der Waals surface area contributed by atoms with E-state index in [1.807, 2.05) is 0 Å². The molecular formula is C12H11Cl2N5O2S. The van der Waals surface area contributed by atoms with Gasteiger partial charge in [-0.1, -0.05) is 35.0 Å². The number of nitrogens with one attached hydrogen (secondary N) is 3. The van der Waals surface area contributed by atoms with Crippen molar-refractivity contribution in [3.63, 3.8) is 0 Å². The minimum Gasteiger partial charge on any atom is -0.368 e. The molecule has 116 valence electrons. The summed E-state index contributed by atoms with van der Waals surface area (Å²) in [7, 11) is 0. The fraction of sp³-hybridized carbons (Fsp3) is 0.167. The molecule has 0 spiro atoms. The van der Waals surface area contributed by atoms with Gasteiger partial charge in [0, 0.05) is 12.1 Å². The Hall–Kier alpha value is -1.77. The van der Waals surface area contributed by atoms with Gasteiger partial charge in [-0.05, 0) is 18.2 Å². The first-order valence-electron chi connectivity index (χ1n) is 6.00. The maximum absolute atomic E-state index is 12.0. The molecule has 1 fully saturated rings. The number of benzene rings is 1. The lowest BCUT2D eigenvalue weighted by molar-refractivity contribution is -0.122. The molecule has 0 aliphatic carbocycles. The number of thioether (sulfide) groups is 1. The number of nitrogens with zero attached hydrogens (tertiary/aromatic N) is 1. The van der Waals surface area contributed by atoms with Crippen LogP contribution in [0.3, 0.4) is 0 Å². The van der Waals surface area contributed by atoms with Gasteiger partial charge in [0.2, 0.25) is 17.8 Å². The third-order valence-electron chi connectivity index (χ3n) is 2.57. The molecule has 0 aromatic heterocycles. The molecule has 1 atom stereocenters. The Morgan fingerprint density at radius 3 is 2.82 bits per heavy atom. The predicted octanol–water partition coefficient (Wildman–Crippen LogP) is 1.80. The highest BCUT2D eigenvalue weighted by atomic mass is 35.5. The Balaban J connectivity index is 1.96. The number of anilines is 1. The maximum Gasteiger partial charge on any atom is 0.240 e. The highest BCUT2D eigenvalue weighted by molar-refractivity contribution is 8.15. The summed E-state index contributed by atoms with van der Waals surface area (Å²) < 4.78 is 0. The second-order valence-electron chi connectivity index (χ2n) is 4.28. The van der Waals surface area contributed by atoms with Crippen molar-refractivity contribution >= 4 is 63.6 Å². The van der Waals surface area contributed by atoms with Crippen LogP contribution in [0.15, 0.2) is 23.2 Å². The van der Waals surface area contributed by atoms with Crippen molar-refractivity contribution in [1.29, 1.82) is 5.41 Å². The molecule has 10 heteroatoms. The Morgan fingerprint density at radius 1 is 1.45 bits per heavy atom. The number of carbonyl (C=O) groups is 2. The van der Waals surface area contributed by atoms with Crippen molar-refractivity contribution in [2.45, 2.75) is 11.7 Å². The van der Waals surface area contributed by atoms with E-state index in [0.29, 0.717) is 15.7 Å². The van der Waals surface area contributed by atoms with Crippen LogP contribution in [0.5, 0.6) is 0 Å². The fourth-order valence-corrected chi connectivity index (χ4v) is 2.93. The van der Waals surface area contributed by atoms with Crippen molar-refractivity contribution in [1.82, 2.24) is 5.32 Å². The molecule has 5 N–H and O–H groups in total. The van der Waals surface area contributed by atoms with E-state index in [4.69, 9.17) is 34.3 Å². The van der Waals surface area contributed by atoms with E-state index >= 15 is 0 Å². The van der Waals surface area contributed by atoms with Crippen molar-refractivity contribution in [3.05, 3.63) is 28.2 Å². The predicted molar refractivity (Wildman–Crippen MR) is 88.6 cm³/mol. The quantitative estimate of drug-likeness (QED) is 0.485. The molecule has 1 aromatic rings. The van der Waals surface area contributed by atoms with Gasteiger partial charge in [-0.15, -0.1) is 0 Å². The van der Waals surface area contributed by atoms with Gasteiger partial charge in [0.25, 0.3) is 0 Å². The minimum atomic E-state index is -0.624. The molecule has 1 aromatic carbocycles. The van der Waals surface area contributed by atoms with Crippen molar-refractivity contribution in [2.75, 3.05) is 5.32 Å². The average molecular weight is 360 g/mol. The van der Waals surface area contributed by atoms with Crippen molar-refractivity contribution in [2.24, 2.45) is 10.7 Å². The summed E-state index contributed by atoms with van der Waals surface area (Å²) in [5, 5.41) is 12.4. The molecule has 1 aliphatic heterocycles. The molecule has 1 unspecified atom stereocenters. The number of guanidine groups is 1. The Kier molecular flexibility index (Phi) is 5.28. The van der Waals surface area contributed by atoms with Crippen molar-refractivity contribution < 1.29 is 9.59 Å². The number of aliphatic imine (C=N–C) groups is 1. The van der Waals surface area contributed by atoms with E-state index in [1.54, 1.807) is 12.1 Å². The van der Waals surface area contributed by atoms with Gasteiger partial charge in [0.1, 0.15) is 5.25 Å². The number of amidine groups is 1. The number of amides is 2. The summed E-state index contributed by atoms with van der Waals surface area (Å²) in [5.41, 5.74) is 5.61. The topological polar surface area (TPSA) is 120 Å². The first-order valence-corrected chi connectivity index (χ1v) is 7.64. The van der Waals surface area contributed by atoms with Crippen LogP contribution >= 0.6 is 35.0 Å². The molecule has 0 bridgehead atoms. The standard InChI is InChI=1S/C12H11Cl2N5O2S/c13-6-2-1-5(3-7(6)14)17-9(20)4-8-10(21)18-12(22-8)19-11(15)16/h1-3,8H,4H2,(H,17,20)(H4,15,16,18,19,21). The summed E-state index contributed by atoms with van der Waals surface area (Å²) in [6, 6.07) is 4.69. The van der Waals surface area contributed by atoms with Crippen LogP contribution in [0.4, 0.5) is 5.69 Å². The van der Waals surface area contributed by atoms with E-state index in [-0.39, 0.29) is 23.4 Å². The van der Waals surface area contributed by atoms with Gasteiger partial charge in [0.05, 0.1) is 10.0 Å². The molecule has 1 heterocycles. The lowest BCUT2D eigenvalue weighted by Crippen LogP contribution is -2.28. The van der Waals surface area contributed by atoms with Gasteiger partial charge in [-0.25, -0.2) is 0 Å². The van der Waals surface area contributed by atoms with Gasteiger partial charge >= 0.3 is 0 Å². The maximum atomic E-state index is 12.0. The number of halogens is 2. The molecule has 0 saturated carbocycles. The second kappa shape index (κ2) is 6.99. The molecular weight excluding hydrogens is 349 g/mol. The lowest BCUT2D eigenvalue weighted by Gasteiger charge is -2.08. The van der Waals surface area contributed by atoms with E-state index < -0.39 is 11.2 Å². The highest BCUT2D eigenvalue weighted by Gasteiger charge is 2.32. The monoisotopic (exact) mass is 359 g/mol. The first kappa shape index (κ1) is 16.6. The first-order chi connectivity index (χ1) is 10.3. The lowest BCUT2D eigenvalue weighted by atomic mass is 10.2. The molecule has 2 rings (SSSR count). The van der Waals surface area contributed by atoms with E-state index in [2.05, 4.69) is 15.6 Å². The minimum absolute atomic E-state index is 0.0479. The van der Waals surface area contributed by atoms with Crippen LogP contribution in [-0.4, -0.2) is 28.2 Å². The highest BCUT2D eigenvalue weighted by Crippen LogP contribution is 2.26. The molecule has 1 saturated heterocycles. The van der Waals surface area contributed by atoms with E-state index in [0.717, 1.165) is 11.8 Å². The van der Waals surface area contributed by atoms with Crippen LogP contribution < -0.4 is 16.4 Å².